The molecule has 17 heavy (non-hydrogen) atoms. The van der Waals surface area contributed by atoms with Crippen molar-refractivity contribution in [3.8, 4) is 0 Å². The van der Waals surface area contributed by atoms with Crippen LogP contribution < -0.4 is 5.73 Å². The second-order valence-corrected chi connectivity index (χ2v) is 5.38. The molecule has 1 heterocycles. The highest BCUT2D eigenvalue weighted by Gasteiger charge is 2.56. The first kappa shape index (κ1) is 10.8. The number of aromatic amines is 1. The zero-order chi connectivity index (χ0) is 12.0. The van der Waals surface area contributed by atoms with E-state index in [2.05, 4.69) is 17.1 Å². The molecule has 4 nitrogen and oxygen atoms in total. The van der Waals surface area contributed by atoms with Crippen molar-refractivity contribution in [2.75, 3.05) is 0 Å². The van der Waals surface area contributed by atoms with E-state index in [-0.39, 0.29) is 0 Å². The predicted molar refractivity (Wildman–Crippen MR) is 64.7 cm³/mol. The molecule has 0 spiro atoms. The summed E-state index contributed by atoms with van der Waals surface area (Å²) in [7, 11) is 0. The zero-order valence-electron chi connectivity index (χ0n) is 10.2. The van der Waals surface area contributed by atoms with Crippen LogP contribution in [0.5, 0.6) is 0 Å². The first-order chi connectivity index (χ1) is 8.24. The van der Waals surface area contributed by atoms with Gasteiger partial charge in [0, 0.05) is 17.2 Å². The number of aromatic nitrogens is 2. The summed E-state index contributed by atoms with van der Waals surface area (Å²) in [6.45, 7) is 2.24. The second-order valence-electron chi connectivity index (χ2n) is 5.38. The molecule has 1 saturated carbocycles. The number of primary amides is 1. The monoisotopic (exact) mass is 233 g/mol. The van der Waals surface area contributed by atoms with Crippen LogP contribution in [0, 0.1) is 11.8 Å². The van der Waals surface area contributed by atoms with E-state index in [0.717, 1.165) is 23.8 Å². The van der Waals surface area contributed by atoms with Crippen molar-refractivity contribution in [1.82, 2.24) is 10.2 Å². The number of rotatable bonds is 5. The number of hydrogen-bond donors (Lipinski definition) is 2. The maximum absolute atomic E-state index is 11.2. The Balaban J connectivity index is 1.68. The summed E-state index contributed by atoms with van der Waals surface area (Å²) in [4.78, 5) is 11.2. The lowest BCUT2D eigenvalue weighted by Gasteiger charge is -2.03. The van der Waals surface area contributed by atoms with Gasteiger partial charge in [-0.2, -0.15) is 5.10 Å². The van der Waals surface area contributed by atoms with Gasteiger partial charge in [-0.05, 0) is 24.7 Å². The topological polar surface area (TPSA) is 71.8 Å². The minimum Gasteiger partial charge on any atom is -0.364 e. The second kappa shape index (κ2) is 3.86. The van der Waals surface area contributed by atoms with Gasteiger partial charge in [0.2, 0.25) is 0 Å². The number of nitrogens with zero attached hydrogens (tertiary/aromatic N) is 1. The van der Waals surface area contributed by atoms with E-state index in [1.54, 1.807) is 0 Å². The van der Waals surface area contributed by atoms with Gasteiger partial charge in [-0.15, -0.1) is 0 Å². The third-order valence-corrected chi connectivity index (χ3v) is 4.38. The molecule has 0 aliphatic heterocycles. The van der Waals surface area contributed by atoms with Crippen LogP contribution in [0.4, 0.5) is 0 Å². The number of fused-ring (bicyclic) bond motifs is 3. The highest BCUT2D eigenvalue weighted by Crippen LogP contribution is 2.63. The third kappa shape index (κ3) is 1.58. The number of nitrogens with two attached hydrogens (primary N) is 1. The normalized spacial score (nSPS) is 28.9. The first-order valence-electron chi connectivity index (χ1n) is 6.61. The van der Waals surface area contributed by atoms with Crippen LogP contribution in [0.3, 0.4) is 0 Å². The predicted octanol–water partition coefficient (Wildman–Crippen LogP) is 1.97. The van der Waals surface area contributed by atoms with Crippen LogP contribution in [0.1, 0.15) is 60.3 Å². The van der Waals surface area contributed by atoms with Gasteiger partial charge < -0.3 is 5.73 Å². The molecule has 0 aromatic carbocycles. The van der Waals surface area contributed by atoms with Crippen molar-refractivity contribution in [2.45, 2.75) is 44.9 Å². The Kier molecular flexibility index (Phi) is 2.45. The van der Waals surface area contributed by atoms with E-state index in [1.807, 2.05) is 0 Å². The van der Waals surface area contributed by atoms with Crippen LogP contribution in [0.15, 0.2) is 0 Å². The molecule has 0 bridgehead atoms. The minimum absolute atomic E-state index is 0.397. The fourth-order valence-electron chi connectivity index (χ4n) is 3.48. The SMILES string of the molecule is CCCCCC1[C@H]2c3[nH]nc(C(N)=O)c3C[C@@H]12. The van der Waals surface area contributed by atoms with E-state index >= 15 is 0 Å². The summed E-state index contributed by atoms with van der Waals surface area (Å²) in [5, 5.41) is 7.07. The molecule has 4 heteroatoms. The molecule has 1 unspecified atom stereocenters. The lowest BCUT2D eigenvalue weighted by molar-refractivity contribution is 0.0994. The van der Waals surface area contributed by atoms with Crippen LogP contribution in [0.25, 0.3) is 0 Å². The molecule has 0 saturated heterocycles. The molecule has 1 fully saturated rings. The van der Waals surface area contributed by atoms with Crippen LogP contribution in [-0.2, 0) is 6.42 Å². The number of hydrogen-bond acceptors (Lipinski definition) is 2. The largest absolute Gasteiger partial charge is 0.364 e. The van der Waals surface area contributed by atoms with Crippen LogP contribution in [0.2, 0.25) is 0 Å². The molecule has 3 N–H and O–H groups in total. The molecule has 1 aromatic heterocycles. The molecular formula is C13H19N3O. The average molecular weight is 233 g/mol. The Bertz CT molecular complexity index is 452. The molecule has 2 aliphatic rings. The van der Waals surface area contributed by atoms with E-state index in [1.165, 1.54) is 31.4 Å². The summed E-state index contributed by atoms with van der Waals surface area (Å²) in [5.41, 5.74) is 8.07. The van der Waals surface area contributed by atoms with Gasteiger partial charge in [-0.25, -0.2) is 0 Å². The number of amides is 1. The molecule has 3 rings (SSSR count). The van der Waals surface area contributed by atoms with Gasteiger partial charge in [0.15, 0.2) is 5.69 Å². The van der Waals surface area contributed by atoms with Gasteiger partial charge in [0.25, 0.3) is 5.91 Å². The van der Waals surface area contributed by atoms with Crippen molar-refractivity contribution in [2.24, 2.45) is 17.6 Å². The standard InChI is InChI=1S/C13H19N3O/c1-2-3-4-5-7-8-6-9-11(10(7)8)15-16-12(9)13(14)17/h7-8,10H,2-6H2,1H3,(H2,14,17)(H,15,16)/t7?,8-,10+/m0/s1. The molecular weight excluding hydrogens is 214 g/mol. The van der Waals surface area contributed by atoms with Crippen LogP contribution >= 0.6 is 0 Å². The fourth-order valence-corrected chi connectivity index (χ4v) is 3.48. The maximum atomic E-state index is 11.2. The Hall–Kier alpha value is -1.32. The van der Waals surface area contributed by atoms with Crippen molar-refractivity contribution >= 4 is 5.91 Å². The number of nitrogens with one attached hydrogen (secondary N) is 1. The molecule has 3 atom stereocenters. The quantitative estimate of drug-likeness (QED) is 0.763. The third-order valence-electron chi connectivity index (χ3n) is 4.38. The van der Waals surface area contributed by atoms with Crippen molar-refractivity contribution in [1.29, 1.82) is 0 Å². The fraction of sp³-hybridized carbons (Fsp3) is 0.692. The lowest BCUT2D eigenvalue weighted by Crippen LogP contribution is -2.14. The Morgan fingerprint density at radius 1 is 1.53 bits per heavy atom. The molecule has 2 aliphatic carbocycles. The average Bonchev–Trinajstić information content (AvgIpc) is 2.68. The summed E-state index contributed by atoms with van der Waals surface area (Å²) in [6.07, 6.45) is 6.28. The number of carbonyl (C=O) groups is 1. The number of unbranched alkanes of at least 4 members (excludes halogenated alkanes) is 2. The Morgan fingerprint density at radius 2 is 2.35 bits per heavy atom. The van der Waals surface area contributed by atoms with E-state index < -0.39 is 5.91 Å². The zero-order valence-corrected chi connectivity index (χ0v) is 10.2. The van der Waals surface area contributed by atoms with Gasteiger partial charge in [0.1, 0.15) is 0 Å². The number of carbonyl (C=O) groups excluding carboxylic acids is 1. The van der Waals surface area contributed by atoms with E-state index in [0.29, 0.717) is 11.6 Å². The van der Waals surface area contributed by atoms with Crippen molar-refractivity contribution in [3.63, 3.8) is 0 Å². The van der Waals surface area contributed by atoms with E-state index in [4.69, 9.17) is 5.73 Å². The first-order valence-corrected chi connectivity index (χ1v) is 6.61. The Morgan fingerprint density at radius 3 is 3.06 bits per heavy atom. The number of H-pyrrole nitrogens is 1. The van der Waals surface area contributed by atoms with Crippen molar-refractivity contribution < 1.29 is 4.79 Å². The molecule has 92 valence electrons. The van der Waals surface area contributed by atoms with Gasteiger partial charge in [0.05, 0.1) is 0 Å². The summed E-state index contributed by atoms with van der Waals surface area (Å²) in [6, 6.07) is 0. The van der Waals surface area contributed by atoms with Crippen molar-refractivity contribution in [3.05, 3.63) is 17.0 Å². The Labute approximate surface area is 101 Å². The lowest BCUT2D eigenvalue weighted by atomic mass is 10.0. The maximum Gasteiger partial charge on any atom is 0.269 e. The summed E-state index contributed by atoms with van der Waals surface area (Å²) >= 11 is 0. The van der Waals surface area contributed by atoms with E-state index in [9.17, 15) is 4.79 Å². The smallest absolute Gasteiger partial charge is 0.269 e. The summed E-state index contributed by atoms with van der Waals surface area (Å²) in [5.74, 6) is 1.83. The van der Waals surface area contributed by atoms with Gasteiger partial charge in [-0.3, -0.25) is 9.89 Å². The molecule has 0 radical (unpaired) electrons. The van der Waals surface area contributed by atoms with Gasteiger partial charge in [-0.1, -0.05) is 26.2 Å². The highest BCUT2D eigenvalue weighted by molar-refractivity contribution is 5.92. The summed E-state index contributed by atoms with van der Waals surface area (Å²) < 4.78 is 0. The molecule has 1 aromatic rings. The van der Waals surface area contributed by atoms with Gasteiger partial charge >= 0.3 is 0 Å². The molecule has 1 amide bonds. The highest BCUT2D eigenvalue weighted by atomic mass is 16.1. The minimum atomic E-state index is -0.397. The van der Waals surface area contributed by atoms with Crippen LogP contribution in [-0.4, -0.2) is 16.1 Å².